The van der Waals surface area contributed by atoms with E-state index in [1.54, 1.807) is 17.2 Å². The van der Waals surface area contributed by atoms with E-state index in [9.17, 15) is 18.0 Å². The molecule has 2 aromatic heterocycles. The Morgan fingerprint density at radius 3 is 2.46 bits per heavy atom. The van der Waals surface area contributed by atoms with Crippen molar-refractivity contribution in [1.29, 1.82) is 0 Å². The predicted octanol–water partition coefficient (Wildman–Crippen LogP) is 5.15. The molecule has 0 N–H and O–H groups in total. The molecule has 0 spiro atoms. The lowest BCUT2D eigenvalue weighted by atomic mass is 10.2. The smallest absolute Gasteiger partial charge is 0.444 e. The molecule has 0 aliphatic carbocycles. The Hall–Kier alpha value is -3.15. The van der Waals surface area contributed by atoms with Crippen LogP contribution in [0.15, 0.2) is 28.9 Å². The van der Waals surface area contributed by atoms with Gasteiger partial charge in [0.2, 0.25) is 0 Å². The lowest BCUT2D eigenvalue weighted by Gasteiger charge is -2.40. The molecule has 2 aliphatic rings. The highest BCUT2D eigenvalue weighted by Gasteiger charge is 2.45. The molecular formula is C22H23ClF3N5O4. The Morgan fingerprint density at radius 1 is 1.20 bits per heavy atom. The SMILES string of the molecule is CC(C)(C)OC(=O)N1C2CCC1CN(c1nc3c(OC(F)(F)F)c(Cl)cc(-n4cccn4)c3o1)C2. The van der Waals surface area contributed by atoms with Crippen LogP contribution in [-0.4, -0.2) is 62.9 Å². The maximum Gasteiger partial charge on any atom is 0.573 e. The molecule has 5 rings (SSSR count). The maximum atomic E-state index is 13.1. The van der Waals surface area contributed by atoms with Gasteiger partial charge in [-0.3, -0.25) is 4.90 Å². The zero-order valence-electron chi connectivity index (χ0n) is 19.2. The lowest BCUT2D eigenvalue weighted by molar-refractivity contribution is -0.274. The van der Waals surface area contributed by atoms with E-state index < -0.39 is 17.7 Å². The van der Waals surface area contributed by atoms with Crippen molar-refractivity contribution in [3.8, 4) is 11.4 Å². The van der Waals surface area contributed by atoms with Crippen LogP contribution in [0.1, 0.15) is 33.6 Å². The van der Waals surface area contributed by atoms with Gasteiger partial charge in [0.25, 0.3) is 6.01 Å². The van der Waals surface area contributed by atoms with Crippen LogP contribution in [0.4, 0.5) is 24.0 Å². The number of aromatic nitrogens is 3. The van der Waals surface area contributed by atoms with Gasteiger partial charge in [0, 0.05) is 25.5 Å². The molecule has 188 valence electrons. The van der Waals surface area contributed by atoms with Crippen molar-refractivity contribution in [1.82, 2.24) is 19.7 Å². The first-order chi connectivity index (χ1) is 16.4. The van der Waals surface area contributed by atoms with E-state index in [1.807, 2.05) is 25.7 Å². The Kier molecular flexibility index (Phi) is 5.53. The Morgan fingerprint density at radius 2 is 1.89 bits per heavy atom. The standard InChI is InChI=1S/C22H23ClF3N5O4/c1-21(2,3)35-20(32)31-12-5-6-13(31)11-29(10-12)19-28-16-17(34-22(24,25)26)14(23)9-15(18(16)33-19)30-8-4-7-27-30/h4,7-9,12-13H,5-6,10-11H2,1-3H3. The minimum atomic E-state index is -4.97. The van der Waals surface area contributed by atoms with Gasteiger partial charge in [-0.1, -0.05) is 11.6 Å². The van der Waals surface area contributed by atoms with Gasteiger partial charge >= 0.3 is 12.5 Å². The first-order valence-electron chi connectivity index (χ1n) is 11.0. The fourth-order valence-corrected chi connectivity index (χ4v) is 4.83. The summed E-state index contributed by atoms with van der Waals surface area (Å²) < 4.78 is 56.5. The summed E-state index contributed by atoms with van der Waals surface area (Å²) in [4.78, 5) is 20.7. The molecular weight excluding hydrogens is 491 g/mol. The van der Waals surface area contributed by atoms with Crippen LogP contribution >= 0.6 is 11.6 Å². The summed E-state index contributed by atoms with van der Waals surface area (Å²) in [5, 5.41) is 3.85. The minimum Gasteiger partial charge on any atom is -0.444 e. The number of amides is 1. The van der Waals surface area contributed by atoms with Gasteiger partial charge in [-0.2, -0.15) is 10.1 Å². The van der Waals surface area contributed by atoms with Crippen molar-refractivity contribution in [2.75, 3.05) is 18.0 Å². The van der Waals surface area contributed by atoms with Crippen molar-refractivity contribution in [2.45, 2.75) is 57.7 Å². The van der Waals surface area contributed by atoms with Gasteiger partial charge in [-0.05, 0) is 45.7 Å². The molecule has 35 heavy (non-hydrogen) atoms. The van der Waals surface area contributed by atoms with Crippen LogP contribution in [-0.2, 0) is 4.74 Å². The second-order valence-corrected chi connectivity index (χ2v) is 9.96. The van der Waals surface area contributed by atoms with Crippen LogP contribution in [0, 0.1) is 0 Å². The van der Waals surface area contributed by atoms with Crippen LogP contribution in [0.2, 0.25) is 5.02 Å². The van der Waals surface area contributed by atoms with Crippen LogP contribution in [0.5, 0.6) is 5.75 Å². The second-order valence-electron chi connectivity index (χ2n) is 9.56. The second kappa shape index (κ2) is 8.21. The number of fused-ring (bicyclic) bond motifs is 3. The zero-order valence-corrected chi connectivity index (χ0v) is 19.9. The summed E-state index contributed by atoms with van der Waals surface area (Å²) in [6.07, 6.45) is -0.680. The van der Waals surface area contributed by atoms with E-state index in [0.717, 1.165) is 12.8 Å². The molecule has 0 radical (unpaired) electrons. The molecule has 3 aromatic rings. The number of hydrogen-bond acceptors (Lipinski definition) is 7. The Bertz CT molecular complexity index is 1240. The maximum absolute atomic E-state index is 13.1. The third-order valence-electron chi connectivity index (χ3n) is 5.87. The van der Waals surface area contributed by atoms with E-state index in [1.165, 1.54) is 16.9 Å². The number of anilines is 1. The molecule has 2 bridgehead atoms. The number of ether oxygens (including phenoxy) is 2. The summed E-state index contributed by atoms with van der Waals surface area (Å²) in [7, 11) is 0. The zero-order chi connectivity index (χ0) is 25.1. The molecule has 4 heterocycles. The molecule has 2 aliphatic heterocycles. The molecule has 2 unspecified atom stereocenters. The largest absolute Gasteiger partial charge is 0.573 e. The Labute approximate surface area is 203 Å². The van der Waals surface area contributed by atoms with Crippen molar-refractivity contribution in [3.63, 3.8) is 0 Å². The van der Waals surface area contributed by atoms with Crippen LogP contribution in [0.3, 0.4) is 0 Å². The molecule has 2 atom stereocenters. The van der Waals surface area contributed by atoms with E-state index >= 15 is 0 Å². The number of piperazine rings is 1. The number of nitrogens with zero attached hydrogens (tertiary/aromatic N) is 5. The van der Waals surface area contributed by atoms with Gasteiger partial charge in [0.05, 0.1) is 17.1 Å². The highest BCUT2D eigenvalue weighted by molar-refractivity contribution is 6.33. The fourth-order valence-electron chi connectivity index (χ4n) is 4.60. The molecule has 2 saturated heterocycles. The van der Waals surface area contributed by atoms with Crippen molar-refractivity contribution in [2.24, 2.45) is 0 Å². The summed E-state index contributed by atoms with van der Waals surface area (Å²) in [5.41, 5.74) is -0.421. The van der Waals surface area contributed by atoms with Gasteiger partial charge in [0.1, 0.15) is 11.3 Å². The van der Waals surface area contributed by atoms with Gasteiger partial charge in [-0.25, -0.2) is 9.48 Å². The number of benzene rings is 1. The summed E-state index contributed by atoms with van der Waals surface area (Å²) in [5.74, 6) is -0.643. The Balaban J connectivity index is 1.51. The van der Waals surface area contributed by atoms with Crippen LogP contribution in [0.25, 0.3) is 16.8 Å². The first-order valence-corrected chi connectivity index (χ1v) is 11.4. The monoisotopic (exact) mass is 513 g/mol. The summed E-state index contributed by atoms with van der Waals surface area (Å²) >= 11 is 6.17. The third-order valence-corrected chi connectivity index (χ3v) is 6.15. The quantitative estimate of drug-likeness (QED) is 0.478. The third kappa shape index (κ3) is 4.58. The average Bonchev–Trinajstić information content (AvgIpc) is 3.46. The van der Waals surface area contributed by atoms with Gasteiger partial charge < -0.3 is 18.8 Å². The minimum absolute atomic E-state index is 0.0502. The number of carbonyl (C=O) groups excluding carboxylic acids is 1. The van der Waals surface area contributed by atoms with E-state index in [-0.39, 0.29) is 40.3 Å². The molecule has 9 nitrogen and oxygen atoms in total. The lowest BCUT2D eigenvalue weighted by Crippen LogP contribution is -2.56. The number of rotatable bonds is 3. The summed E-state index contributed by atoms with van der Waals surface area (Å²) in [6.45, 7) is 6.21. The fraction of sp³-hybridized carbons (Fsp3) is 0.500. The summed E-state index contributed by atoms with van der Waals surface area (Å²) in [6, 6.07) is 2.78. The van der Waals surface area contributed by atoms with Crippen LogP contribution < -0.4 is 9.64 Å². The highest BCUT2D eigenvalue weighted by atomic mass is 35.5. The normalized spacial score (nSPS) is 20.5. The molecule has 1 amide bonds. The topological polar surface area (TPSA) is 85.9 Å². The first kappa shape index (κ1) is 23.6. The molecule has 2 fully saturated rings. The van der Waals surface area contributed by atoms with Crippen molar-refractivity contribution >= 4 is 34.8 Å². The van der Waals surface area contributed by atoms with E-state index in [0.29, 0.717) is 18.8 Å². The van der Waals surface area contributed by atoms with Gasteiger partial charge in [0.15, 0.2) is 16.8 Å². The molecule has 13 heteroatoms. The van der Waals surface area contributed by atoms with E-state index in [4.69, 9.17) is 20.8 Å². The molecule has 0 saturated carbocycles. The predicted molar refractivity (Wildman–Crippen MR) is 120 cm³/mol. The number of alkyl halides is 3. The van der Waals surface area contributed by atoms with E-state index in [2.05, 4.69) is 14.8 Å². The highest BCUT2D eigenvalue weighted by Crippen LogP contribution is 2.42. The van der Waals surface area contributed by atoms with Gasteiger partial charge in [-0.15, -0.1) is 13.2 Å². The average molecular weight is 514 g/mol. The molecule has 1 aromatic carbocycles. The number of carbonyl (C=O) groups is 1. The number of oxazole rings is 1. The van der Waals surface area contributed by atoms with Crippen molar-refractivity contribution in [3.05, 3.63) is 29.5 Å². The van der Waals surface area contributed by atoms with Crippen molar-refractivity contribution < 1.29 is 31.9 Å². The number of halogens is 4. The number of hydrogen-bond donors (Lipinski definition) is 0.